The number of H-pyrrole nitrogens is 1. The third kappa shape index (κ3) is 4.89. The van der Waals surface area contributed by atoms with Crippen LogP contribution in [0.2, 0.25) is 0 Å². The van der Waals surface area contributed by atoms with Gasteiger partial charge in [0.25, 0.3) is 0 Å². The summed E-state index contributed by atoms with van der Waals surface area (Å²) >= 11 is 0. The molecule has 3 aromatic carbocycles. The van der Waals surface area contributed by atoms with Crippen LogP contribution in [0.25, 0.3) is 11.0 Å². The predicted molar refractivity (Wildman–Crippen MR) is 137 cm³/mol. The molecule has 1 aromatic heterocycles. The Kier molecular flexibility index (Phi) is 6.60. The largest absolute Gasteiger partial charge is 0.326 e. The lowest BCUT2D eigenvalue weighted by molar-refractivity contribution is -0.117. The Bertz CT molecular complexity index is 1460. The first kappa shape index (κ1) is 23.4. The number of ketones is 2. The number of rotatable bonds is 7. The Balaban J connectivity index is 1.14. The molecule has 0 saturated carbocycles. The minimum atomic E-state index is -0.587. The molecule has 1 amide bonds. The van der Waals surface area contributed by atoms with E-state index in [0.717, 1.165) is 23.9 Å². The molecule has 1 aliphatic rings. The van der Waals surface area contributed by atoms with E-state index >= 15 is 0 Å². The van der Waals surface area contributed by atoms with Crippen molar-refractivity contribution in [3.63, 3.8) is 0 Å². The fourth-order valence-corrected chi connectivity index (χ4v) is 4.73. The van der Waals surface area contributed by atoms with E-state index in [1.165, 1.54) is 0 Å². The van der Waals surface area contributed by atoms with Crippen molar-refractivity contribution >= 4 is 34.2 Å². The van der Waals surface area contributed by atoms with Gasteiger partial charge in [0.2, 0.25) is 17.5 Å². The van der Waals surface area contributed by atoms with Crippen LogP contribution in [0, 0.1) is 0 Å². The Morgan fingerprint density at radius 1 is 0.806 bits per heavy atom. The molecule has 0 bridgehead atoms. The Labute approximate surface area is 207 Å². The zero-order valence-corrected chi connectivity index (χ0v) is 19.6. The zero-order valence-electron chi connectivity index (χ0n) is 19.6. The zero-order chi connectivity index (χ0) is 25.1. The summed E-state index contributed by atoms with van der Waals surface area (Å²) in [4.78, 5) is 54.9. The topological polar surface area (TPSA) is 104 Å². The normalized spacial score (nSPS) is 14.6. The van der Waals surface area contributed by atoms with Crippen LogP contribution >= 0.6 is 0 Å². The van der Waals surface area contributed by atoms with Gasteiger partial charge in [-0.3, -0.25) is 23.9 Å². The predicted octanol–water partition coefficient (Wildman–Crippen LogP) is 3.67. The lowest BCUT2D eigenvalue weighted by Gasteiger charge is -2.32. The van der Waals surface area contributed by atoms with Crippen LogP contribution < -0.4 is 11.0 Å². The van der Waals surface area contributed by atoms with Crippen molar-refractivity contribution < 1.29 is 14.4 Å². The van der Waals surface area contributed by atoms with E-state index in [0.29, 0.717) is 24.3 Å². The molecule has 1 aliphatic heterocycles. The molecule has 182 valence electrons. The molecule has 8 heteroatoms. The molecule has 2 heterocycles. The number of amides is 1. The highest BCUT2D eigenvalue weighted by Gasteiger charge is 2.25. The van der Waals surface area contributed by atoms with Gasteiger partial charge < -0.3 is 10.3 Å². The van der Waals surface area contributed by atoms with E-state index in [2.05, 4.69) is 15.2 Å². The molecule has 4 aromatic rings. The molecule has 0 spiro atoms. The minimum Gasteiger partial charge on any atom is -0.325 e. The van der Waals surface area contributed by atoms with Crippen molar-refractivity contribution in [1.82, 2.24) is 14.5 Å². The summed E-state index contributed by atoms with van der Waals surface area (Å²) < 4.78 is 1.83. The molecule has 1 fully saturated rings. The first-order valence-corrected chi connectivity index (χ1v) is 12.0. The van der Waals surface area contributed by atoms with Gasteiger partial charge in [-0.1, -0.05) is 42.5 Å². The number of anilines is 1. The molecule has 2 N–H and O–H groups in total. The van der Waals surface area contributed by atoms with Crippen LogP contribution in [-0.4, -0.2) is 51.6 Å². The number of carbonyl (C=O) groups is 3. The summed E-state index contributed by atoms with van der Waals surface area (Å²) in [6.07, 6.45) is 1.56. The van der Waals surface area contributed by atoms with Gasteiger partial charge in [0, 0.05) is 35.9 Å². The highest BCUT2D eigenvalue weighted by Crippen LogP contribution is 2.24. The average molecular weight is 483 g/mol. The van der Waals surface area contributed by atoms with Gasteiger partial charge in [-0.15, -0.1) is 0 Å². The molecule has 0 unspecified atom stereocenters. The SMILES string of the molecule is O=C(CN1CCC(n2c(=O)[nH]c3ccccc32)CC1)Nc1ccc(C(=O)C(=O)c2ccccc2)cc1. The van der Waals surface area contributed by atoms with Gasteiger partial charge in [-0.25, -0.2) is 4.79 Å². The second-order valence-electron chi connectivity index (χ2n) is 8.97. The molecule has 5 rings (SSSR count). The number of aromatic nitrogens is 2. The number of likely N-dealkylation sites (tertiary alicyclic amines) is 1. The summed E-state index contributed by atoms with van der Waals surface area (Å²) in [6.45, 7) is 1.65. The van der Waals surface area contributed by atoms with Crippen LogP contribution in [0.5, 0.6) is 0 Å². The monoisotopic (exact) mass is 482 g/mol. The summed E-state index contributed by atoms with van der Waals surface area (Å²) in [5.41, 5.74) is 2.82. The molecule has 8 nitrogen and oxygen atoms in total. The Hall–Kier alpha value is -4.30. The Morgan fingerprint density at radius 2 is 1.42 bits per heavy atom. The van der Waals surface area contributed by atoms with Gasteiger partial charge >= 0.3 is 5.69 Å². The maximum Gasteiger partial charge on any atom is 0.326 e. The molecular formula is C28H26N4O4. The van der Waals surface area contributed by atoms with Crippen LogP contribution in [0.3, 0.4) is 0 Å². The van der Waals surface area contributed by atoms with E-state index in [4.69, 9.17) is 0 Å². The van der Waals surface area contributed by atoms with Crippen molar-refractivity contribution in [2.24, 2.45) is 0 Å². The number of fused-ring (bicyclic) bond motifs is 1. The van der Waals surface area contributed by atoms with Crippen LogP contribution in [-0.2, 0) is 4.79 Å². The van der Waals surface area contributed by atoms with E-state index in [1.54, 1.807) is 54.6 Å². The number of Topliss-reactive ketones (excluding diaryl/α,β-unsaturated/α-hetero) is 2. The molecule has 1 saturated heterocycles. The standard InChI is InChI=1S/C28H26N4O4/c33-25(29-21-12-10-20(11-13-21)27(35)26(34)19-6-2-1-3-7-19)18-31-16-14-22(15-17-31)32-24-9-5-4-8-23(24)30-28(32)36/h1-13,22H,14-18H2,(H,29,33)(H,30,36). The van der Waals surface area contributed by atoms with Gasteiger partial charge in [-0.05, 0) is 49.2 Å². The van der Waals surface area contributed by atoms with Crippen LogP contribution in [0.1, 0.15) is 39.6 Å². The summed E-state index contributed by atoms with van der Waals surface area (Å²) in [5, 5.41) is 2.85. The summed E-state index contributed by atoms with van der Waals surface area (Å²) in [6, 6.07) is 22.5. The summed E-state index contributed by atoms with van der Waals surface area (Å²) in [5.74, 6) is -1.31. The van der Waals surface area contributed by atoms with Crippen LogP contribution in [0.4, 0.5) is 5.69 Å². The number of hydrogen-bond donors (Lipinski definition) is 2. The smallest absolute Gasteiger partial charge is 0.325 e. The molecule has 36 heavy (non-hydrogen) atoms. The second kappa shape index (κ2) is 10.1. The van der Waals surface area contributed by atoms with Crippen molar-refractivity contribution in [3.05, 3.63) is 100 Å². The van der Waals surface area contributed by atoms with Crippen molar-refractivity contribution in [1.29, 1.82) is 0 Å². The number of imidazole rings is 1. The number of carbonyl (C=O) groups excluding carboxylic acids is 3. The molecule has 0 radical (unpaired) electrons. The lowest BCUT2D eigenvalue weighted by Crippen LogP contribution is -2.41. The highest BCUT2D eigenvalue weighted by atomic mass is 16.2. The Morgan fingerprint density at radius 3 is 2.11 bits per heavy atom. The van der Waals surface area contributed by atoms with E-state index in [9.17, 15) is 19.2 Å². The lowest BCUT2D eigenvalue weighted by atomic mass is 10.0. The van der Waals surface area contributed by atoms with Crippen molar-refractivity contribution in [2.75, 3.05) is 25.0 Å². The number of nitrogens with one attached hydrogen (secondary N) is 2. The maximum atomic E-state index is 12.6. The number of hydrogen-bond acceptors (Lipinski definition) is 5. The average Bonchev–Trinajstić information content (AvgIpc) is 3.25. The quantitative estimate of drug-likeness (QED) is 0.309. The number of para-hydroxylation sites is 2. The molecular weight excluding hydrogens is 456 g/mol. The van der Waals surface area contributed by atoms with Gasteiger partial charge in [0.15, 0.2) is 0 Å². The highest BCUT2D eigenvalue weighted by molar-refractivity contribution is 6.49. The number of aromatic amines is 1. The fraction of sp³-hybridized carbons (Fsp3) is 0.214. The van der Waals surface area contributed by atoms with Gasteiger partial charge in [-0.2, -0.15) is 0 Å². The molecule has 0 aliphatic carbocycles. The first-order valence-electron chi connectivity index (χ1n) is 12.0. The van der Waals surface area contributed by atoms with E-state index < -0.39 is 11.6 Å². The van der Waals surface area contributed by atoms with Crippen molar-refractivity contribution in [2.45, 2.75) is 18.9 Å². The van der Waals surface area contributed by atoms with Gasteiger partial charge in [0.05, 0.1) is 17.6 Å². The number of benzene rings is 3. The van der Waals surface area contributed by atoms with Gasteiger partial charge in [0.1, 0.15) is 0 Å². The molecule has 0 atom stereocenters. The number of piperidine rings is 1. The first-order chi connectivity index (χ1) is 17.5. The maximum absolute atomic E-state index is 12.6. The van der Waals surface area contributed by atoms with E-state index in [1.807, 2.05) is 28.8 Å². The summed E-state index contributed by atoms with van der Waals surface area (Å²) in [7, 11) is 0. The van der Waals surface area contributed by atoms with E-state index in [-0.39, 0.29) is 29.7 Å². The van der Waals surface area contributed by atoms with Crippen molar-refractivity contribution in [3.8, 4) is 0 Å². The second-order valence-corrected chi connectivity index (χ2v) is 8.97. The third-order valence-corrected chi connectivity index (χ3v) is 6.59. The third-order valence-electron chi connectivity index (χ3n) is 6.59. The van der Waals surface area contributed by atoms with Crippen LogP contribution in [0.15, 0.2) is 83.7 Å². The minimum absolute atomic E-state index is 0.0941. The fourth-order valence-electron chi connectivity index (χ4n) is 4.73. The number of nitrogens with zero attached hydrogens (tertiary/aromatic N) is 2.